The molecule has 1 aliphatic rings. The normalized spacial score (nSPS) is 18.4. The molecular formula is C18H21ClN6O. The fraction of sp³-hybridized carbons (Fsp3) is 0.278. The van der Waals surface area contributed by atoms with Gasteiger partial charge in [0.05, 0.1) is 0 Å². The van der Waals surface area contributed by atoms with E-state index in [1.165, 1.54) is 11.6 Å². The Morgan fingerprint density at radius 1 is 1.23 bits per heavy atom. The number of pyridine rings is 1. The van der Waals surface area contributed by atoms with Gasteiger partial charge in [-0.2, -0.15) is 9.97 Å². The number of halogens is 1. The molecule has 8 heteroatoms. The molecule has 26 heavy (non-hydrogen) atoms. The van der Waals surface area contributed by atoms with Crippen LogP contribution in [-0.4, -0.2) is 20.6 Å². The fourth-order valence-corrected chi connectivity index (χ4v) is 3.07. The van der Waals surface area contributed by atoms with Gasteiger partial charge in [0.25, 0.3) is 0 Å². The van der Waals surface area contributed by atoms with E-state index in [2.05, 4.69) is 27.4 Å². The van der Waals surface area contributed by atoms with E-state index in [1.807, 2.05) is 23.6 Å². The highest BCUT2D eigenvalue weighted by atomic mass is 35.5. The molecule has 7 nitrogen and oxygen atoms in total. The molecule has 2 atom stereocenters. The summed E-state index contributed by atoms with van der Waals surface area (Å²) in [6.45, 7) is 2.67. The molecule has 2 heterocycles. The molecule has 1 fully saturated rings. The second-order valence-electron chi connectivity index (χ2n) is 6.35. The minimum atomic E-state index is -0.172. The van der Waals surface area contributed by atoms with Gasteiger partial charge in [-0.3, -0.25) is 4.79 Å². The molecule has 0 saturated heterocycles. The number of anilines is 3. The largest absolute Gasteiger partial charge is 0.383 e. The van der Waals surface area contributed by atoms with Crippen LogP contribution in [0.15, 0.2) is 41.3 Å². The summed E-state index contributed by atoms with van der Waals surface area (Å²) >= 11 is 0. The van der Waals surface area contributed by atoms with Gasteiger partial charge in [-0.05, 0) is 31.0 Å². The molecule has 3 aromatic rings. The first-order valence-corrected chi connectivity index (χ1v) is 8.36. The van der Waals surface area contributed by atoms with Gasteiger partial charge in [0.1, 0.15) is 11.2 Å². The summed E-state index contributed by atoms with van der Waals surface area (Å²) in [5, 5.41) is 3.51. The highest BCUT2D eigenvalue weighted by molar-refractivity contribution is 5.86. The molecule has 1 aliphatic carbocycles. The van der Waals surface area contributed by atoms with Crippen molar-refractivity contribution >= 4 is 40.9 Å². The van der Waals surface area contributed by atoms with Gasteiger partial charge in [0.2, 0.25) is 5.95 Å². The van der Waals surface area contributed by atoms with E-state index in [0.29, 0.717) is 29.4 Å². The van der Waals surface area contributed by atoms with Gasteiger partial charge < -0.3 is 21.4 Å². The molecule has 2 aromatic heterocycles. The molecule has 0 bridgehead atoms. The van der Waals surface area contributed by atoms with Gasteiger partial charge in [-0.25, -0.2) is 0 Å². The second-order valence-corrected chi connectivity index (χ2v) is 6.35. The van der Waals surface area contributed by atoms with E-state index in [9.17, 15) is 4.79 Å². The predicted octanol–water partition coefficient (Wildman–Crippen LogP) is 2.37. The van der Waals surface area contributed by atoms with E-state index < -0.39 is 0 Å². The lowest BCUT2D eigenvalue weighted by atomic mass is 10.1. The van der Waals surface area contributed by atoms with Crippen LogP contribution in [0, 0.1) is 0 Å². The number of hydrogen-bond donors (Lipinski definition) is 3. The number of aromatic nitrogens is 3. The first-order valence-electron chi connectivity index (χ1n) is 8.36. The Hall–Kier alpha value is -2.64. The van der Waals surface area contributed by atoms with Crippen LogP contribution in [0.1, 0.15) is 24.8 Å². The highest BCUT2D eigenvalue weighted by Crippen LogP contribution is 2.39. The standard InChI is InChI=1S/C18H20N6O.ClH/c1-2-24-8-7-14(25)15-16(20)22-18(23-17(15)24)21-11-5-3-10(4-6-11)12-9-13(12)19;/h3-8,12-13H,2,9,19H2,1H3,(H3,20,21,22,23);1H/t12-,13+;/m0./s1. The van der Waals surface area contributed by atoms with Crippen LogP contribution in [0.25, 0.3) is 11.0 Å². The van der Waals surface area contributed by atoms with Crippen molar-refractivity contribution in [2.24, 2.45) is 5.73 Å². The van der Waals surface area contributed by atoms with Crippen LogP contribution >= 0.6 is 12.4 Å². The number of benzene rings is 1. The van der Waals surface area contributed by atoms with Crippen molar-refractivity contribution in [2.45, 2.75) is 31.8 Å². The molecule has 0 spiro atoms. The minimum Gasteiger partial charge on any atom is -0.383 e. The number of rotatable bonds is 4. The molecule has 1 saturated carbocycles. The Kier molecular flexibility index (Phi) is 4.84. The molecule has 1 aromatic carbocycles. The van der Waals surface area contributed by atoms with Crippen molar-refractivity contribution in [2.75, 3.05) is 11.1 Å². The average Bonchev–Trinajstić information content (AvgIpc) is 3.32. The molecule has 0 unspecified atom stereocenters. The average molecular weight is 373 g/mol. The molecule has 0 radical (unpaired) electrons. The smallest absolute Gasteiger partial charge is 0.231 e. The molecule has 5 N–H and O–H groups in total. The maximum atomic E-state index is 12.1. The highest BCUT2D eigenvalue weighted by Gasteiger charge is 2.34. The zero-order valence-corrected chi connectivity index (χ0v) is 15.2. The van der Waals surface area contributed by atoms with Crippen LogP contribution < -0.4 is 22.2 Å². The summed E-state index contributed by atoms with van der Waals surface area (Å²) in [5.74, 6) is 1.02. The summed E-state index contributed by atoms with van der Waals surface area (Å²) < 4.78 is 1.87. The summed E-state index contributed by atoms with van der Waals surface area (Å²) in [7, 11) is 0. The first-order chi connectivity index (χ1) is 12.1. The Balaban J connectivity index is 0.00000196. The molecule has 0 amide bonds. The first kappa shape index (κ1) is 18.2. The number of nitrogen functional groups attached to an aromatic ring is 1. The van der Waals surface area contributed by atoms with E-state index in [0.717, 1.165) is 12.1 Å². The zero-order valence-electron chi connectivity index (χ0n) is 14.3. The molecule has 4 rings (SSSR count). The van der Waals surface area contributed by atoms with Crippen LogP contribution in [0.2, 0.25) is 0 Å². The monoisotopic (exact) mass is 372 g/mol. The van der Waals surface area contributed by atoms with Gasteiger partial charge in [-0.1, -0.05) is 12.1 Å². The molecule has 0 aliphatic heterocycles. The van der Waals surface area contributed by atoms with Crippen LogP contribution in [0.3, 0.4) is 0 Å². The molecular weight excluding hydrogens is 352 g/mol. The van der Waals surface area contributed by atoms with Gasteiger partial charge in [0, 0.05) is 36.5 Å². The summed E-state index contributed by atoms with van der Waals surface area (Å²) in [6, 6.07) is 9.84. The third kappa shape index (κ3) is 3.23. The van der Waals surface area contributed by atoms with Crippen molar-refractivity contribution in [3.8, 4) is 0 Å². The van der Waals surface area contributed by atoms with E-state index in [1.54, 1.807) is 6.20 Å². The van der Waals surface area contributed by atoms with Gasteiger partial charge in [0.15, 0.2) is 11.1 Å². The van der Waals surface area contributed by atoms with Crippen LogP contribution in [-0.2, 0) is 6.54 Å². The van der Waals surface area contributed by atoms with Crippen molar-refractivity contribution in [3.05, 3.63) is 52.3 Å². The van der Waals surface area contributed by atoms with Crippen LogP contribution in [0.4, 0.5) is 17.5 Å². The maximum Gasteiger partial charge on any atom is 0.231 e. The predicted molar refractivity (Wildman–Crippen MR) is 106 cm³/mol. The third-order valence-corrected chi connectivity index (χ3v) is 4.62. The quantitative estimate of drug-likeness (QED) is 0.648. The number of nitrogens with one attached hydrogen (secondary N) is 1. The van der Waals surface area contributed by atoms with Crippen LogP contribution in [0.5, 0.6) is 0 Å². The number of fused-ring (bicyclic) bond motifs is 1. The third-order valence-electron chi connectivity index (χ3n) is 4.62. The van der Waals surface area contributed by atoms with Crippen molar-refractivity contribution in [1.82, 2.24) is 14.5 Å². The number of aryl methyl sites for hydroxylation is 1. The van der Waals surface area contributed by atoms with Crippen molar-refractivity contribution in [1.29, 1.82) is 0 Å². The Morgan fingerprint density at radius 3 is 2.54 bits per heavy atom. The van der Waals surface area contributed by atoms with Gasteiger partial charge >= 0.3 is 0 Å². The Morgan fingerprint density at radius 2 is 1.92 bits per heavy atom. The SMILES string of the molecule is CCn1ccc(=O)c2c(N)nc(Nc3ccc([C@@H]4C[C@H]4N)cc3)nc21.Cl. The Bertz CT molecular complexity index is 1000. The minimum absolute atomic E-state index is 0. The summed E-state index contributed by atoms with van der Waals surface area (Å²) in [6.07, 6.45) is 2.76. The zero-order chi connectivity index (χ0) is 17.6. The Labute approximate surface area is 156 Å². The van der Waals surface area contributed by atoms with Crippen molar-refractivity contribution < 1.29 is 0 Å². The van der Waals surface area contributed by atoms with E-state index in [4.69, 9.17) is 11.5 Å². The van der Waals surface area contributed by atoms with E-state index in [-0.39, 0.29) is 29.7 Å². The number of nitrogens with two attached hydrogens (primary N) is 2. The lowest BCUT2D eigenvalue weighted by molar-refractivity contribution is 0.776. The maximum absolute atomic E-state index is 12.1. The topological polar surface area (TPSA) is 112 Å². The fourth-order valence-electron chi connectivity index (χ4n) is 3.07. The lowest BCUT2D eigenvalue weighted by Gasteiger charge is -2.11. The number of hydrogen-bond acceptors (Lipinski definition) is 6. The summed E-state index contributed by atoms with van der Waals surface area (Å²) in [4.78, 5) is 20.8. The second kappa shape index (κ2) is 6.93. The summed E-state index contributed by atoms with van der Waals surface area (Å²) in [5.41, 5.74) is 14.4. The van der Waals surface area contributed by atoms with Gasteiger partial charge in [-0.15, -0.1) is 12.4 Å². The van der Waals surface area contributed by atoms with Crippen molar-refractivity contribution in [3.63, 3.8) is 0 Å². The molecule has 136 valence electrons. The van der Waals surface area contributed by atoms with E-state index >= 15 is 0 Å². The number of nitrogens with zero attached hydrogens (tertiary/aromatic N) is 3. The lowest BCUT2D eigenvalue weighted by Crippen LogP contribution is -2.13.